The molecule has 126 valence electrons. The van der Waals surface area contributed by atoms with Gasteiger partial charge in [0.15, 0.2) is 0 Å². The van der Waals surface area contributed by atoms with Gasteiger partial charge in [-0.1, -0.05) is 0 Å². The van der Waals surface area contributed by atoms with Crippen molar-refractivity contribution in [3.63, 3.8) is 0 Å². The standard InChI is InChI=1S/C14H16F3N3O2S/c1-9-7-20(8-10(2)19-9)23(21,22)12-3-4-13(14(15,16)17)11(5-12)6-18/h3-5,9-10,19H,7-8H2,1-2H3. The van der Waals surface area contributed by atoms with Crippen LogP contribution in [0.1, 0.15) is 25.0 Å². The van der Waals surface area contributed by atoms with Gasteiger partial charge >= 0.3 is 6.18 Å². The molecule has 0 saturated carbocycles. The van der Waals surface area contributed by atoms with Crippen molar-refractivity contribution in [3.05, 3.63) is 29.3 Å². The molecule has 1 N–H and O–H groups in total. The summed E-state index contributed by atoms with van der Waals surface area (Å²) < 4.78 is 64.9. The van der Waals surface area contributed by atoms with Crippen LogP contribution in [0.4, 0.5) is 13.2 Å². The number of hydrogen-bond donors (Lipinski definition) is 1. The number of benzene rings is 1. The van der Waals surface area contributed by atoms with Crippen molar-refractivity contribution in [1.29, 1.82) is 5.26 Å². The summed E-state index contributed by atoms with van der Waals surface area (Å²) in [6, 6.07) is 3.60. The lowest BCUT2D eigenvalue weighted by Gasteiger charge is -2.35. The van der Waals surface area contributed by atoms with Gasteiger partial charge in [-0.3, -0.25) is 0 Å². The zero-order chi connectivity index (χ0) is 17.4. The summed E-state index contributed by atoms with van der Waals surface area (Å²) in [6.07, 6.45) is -4.70. The van der Waals surface area contributed by atoms with Crippen molar-refractivity contribution in [2.45, 2.75) is 37.0 Å². The summed E-state index contributed by atoms with van der Waals surface area (Å²) in [5, 5.41) is 12.1. The van der Waals surface area contributed by atoms with Gasteiger partial charge < -0.3 is 5.32 Å². The van der Waals surface area contributed by atoms with Gasteiger partial charge in [-0.2, -0.15) is 22.7 Å². The summed E-state index contributed by atoms with van der Waals surface area (Å²) in [5.74, 6) is 0. The van der Waals surface area contributed by atoms with E-state index in [4.69, 9.17) is 5.26 Å². The van der Waals surface area contributed by atoms with Crippen molar-refractivity contribution in [2.24, 2.45) is 0 Å². The number of hydrogen-bond acceptors (Lipinski definition) is 4. The second-order valence-electron chi connectivity index (χ2n) is 5.61. The van der Waals surface area contributed by atoms with Crippen LogP contribution >= 0.6 is 0 Å². The van der Waals surface area contributed by atoms with E-state index in [1.54, 1.807) is 0 Å². The first kappa shape index (κ1) is 17.7. The minimum Gasteiger partial charge on any atom is -0.309 e. The molecule has 0 spiro atoms. The van der Waals surface area contributed by atoms with Crippen LogP contribution in [0.15, 0.2) is 23.1 Å². The van der Waals surface area contributed by atoms with Crippen molar-refractivity contribution in [1.82, 2.24) is 9.62 Å². The molecule has 1 heterocycles. The van der Waals surface area contributed by atoms with Gasteiger partial charge in [-0.25, -0.2) is 8.42 Å². The number of piperazine rings is 1. The van der Waals surface area contributed by atoms with E-state index in [0.717, 1.165) is 12.1 Å². The first-order valence-corrected chi connectivity index (χ1v) is 8.37. The number of rotatable bonds is 2. The Morgan fingerprint density at radius 1 is 1.26 bits per heavy atom. The molecule has 0 radical (unpaired) electrons. The highest BCUT2D eigenvalue weighted by Gasteiger charge is 2.36. The molecule has 0 bridgehead atoms. The predicted molar refractivity (Wildman–Crippen MR) is 77.0 cm³/mol. The van der Waals surface area contributed by atoms with Crippen LogP contribution in [0, 0.1) is 11.3 Å². The maximum atomic E-state index is 12.8. The molecule has 0 aliphatic carbocycles. The van der Waals surface area contributed by atoms with Gasteiger partial charge in [0.2, 0.25) is 10.0 Å². The van der Waals surface area contributed by atoms with Crippen molar-refractivity contribution >= 4 is 10.0 Å². The van der Waals surface area contributed by atoms with E-state index in [1.165, 1.54) is 10.4 Å². The molecule has 2 atom stereocenters. The lowest BCUT2D eigenvalue weighted by molar-refractivity contribution is -0.137. The minimum absolute atomic E-state index is 0.0709. The topological polar surface area (TPSA) is 73.2 Å². The molecule has 1 fully saturated rings. The molecule has 9 heteroatoms. The van der Waals surface area contributed by atoms with Crippen LogP contribution in [-0.2, 0) is 16.2 Å². The Hall–Kier alpha value is -1.63. The Balaban J connectivity index is 2.43. The Bertz CT molecular complexity index is 731. The molecule has 1 aliphatic rings. The first-order valence-electron chi connectivity index (χ1n) is 6.93. The quantitative estimate of drug-likeness (QED) is 0.887. The average molecular weight is 347 g/mol. The van der Waals surface area contributed by atoms with Gasteiger partial charge in [0.1, 0.15) is 0 Å². The second kappa shape index (κ2) is 6.11. The van der Waals surface area contributed by atoms with Gasteiger partial charge in [0, 0.05) is 25.2 Å². The molecule has 1 aliphatic heterocycles. The van der Waals surface area contributed by atoms with E-state index in [2.05, 4.69) is 5.32 Å². The van der Waals surface area contributed by atoms with Gasteiger partial charge in [0.05, 0.1) is 22.1 Å². The lowest BCUT2D eigenvalue weighted by Crippen LogP contribution is -2.55. The Morgan fingerprint density at radius 3 is 2.30 bits per heavy atom. The molecule has 23 heavy (non-hydrogen) atoms. The fraction of sp³-hybridized carbons (Fsp3) is 0.500. The third-order valence-corrected chi connectivity index (χ3v) is 5.41. The van der Waals surface area contributed by atoms with Crippen LogP contribution in [0.5, 0.6) is 0 Å². The summed E-state index contributed by atoms with van der Waals surface area (Å²) >= 11 is 0. The number of halogens is 3. The summed E-state index contributed by atoms with van der Waals surface area (Å²) in [4.78, 5) is -0.302. The molecule has 1 saturated heterocycles. The number of alkyl halides is 3. The SMILES string of the molecule is CC1CN(S(=O)(=O)c2ccc(C(F)(F)F)c(C#N)c2)CC(C)N1. The van der Waals surface area contributed by atoms with Crippen LogP contribution in [0.3, 0.4) is 0 Å². The molecule has 2 rings (SSSR count). The molecule has 0 aromatic heterocycles. The third-order valence-electron chi connectivity index (χ3n) is 3.58. The van der Waals surface area contributed by atoms with E-state index in [-0.39, 0.29) is 30.1 Å². The maximum absolute atomic E-state index is 12.8. The predicted octanol–water partition coefficient (Wildman–Crippen LogP) is 1.95. The maximum Gasteiger partial charge on any atom is 0.417 e. The zero-order valence-electron chi connectivity index (χ0n) is 12.6. The molecule has 0 amide bonds. The highest BCUT2D eigenvalue weighted by molar-refractivity contribution is 7.89. The zero-order valence-corrected chi connectivity index (χ0v) is 13.4. The third kappa shape index (κ3) is 3.65. The highest BCUT2D eigenvalue weighted by atomic mass is 32.2. The van der Waals surface area contributed by atoms with Crippen molar-refractivity contribution < 1.29 is 21.6 Å². The number of nitrogens with zero attached hydrogens (tertiary/aromatic N) is 2. The molecule has 5 nitrogen and oxygen atoms in total. The van der Waals surface area contributed by atoms with E-state index in [1.807, 2.05) is 13.8 Å². The fourth-order valence-electron chi connectivity index (χ4n) is 2.65. The lowest BCUT2D eigenvalue weighted by atomic mass is 10.1. The Kier molecular flexibility index (Phi) is 4.71. The number of nitrogens with one attached hydrogen (secondary N) is 1. The summed E-state index contributed by atoms with van der Waals surface area (Å²) in [5.41, 5.74) is -1.84. The Labute approximate surface area is 132 Å². The van der Waals surface area contributed by atoms with Crippen LogP contribution < -0.4 is 5.32 Å². The molecule has 1 aromatic rings. The van der Waals surface area contributed by atoms with Crippen molar-refractivity contribution in [3.8, 4) is 6.07 Å². The largest absolute Gasteiger partial charge is 0.417 e. The van der Waals surface area contributed by atoms with Gasteiger partial charge in [-0.15, -0.1) is 0 Å². The number of sulfonamides is 1. The smallest absolute Gasteiger partial charge is 0.309 e. The van der Waals surface area contributed by atoms with Gasteiger partial charge in [-0.05, 0) is 32.0 Å². The molecular weight excluding hydrogens is 331 g/mol. The minimum atomic E-state index is -4.70. The van der Waals surface area contributed by atoms with E-state index in [9.17, 15) is 21.6 Å². The second-order valence-corrected chi connectivity index (χ2v) is 7.55. The van der Waals surface area contributed by atoms with E-state index >= 15 is 0 Å². The van der Waals surface area contributed by atoms with Crippen LogP contribution in [-0.4, -0.2) is 37.9 Å². The first-order chi connectivity index (χ1) is 10.6. The highest BCUT2D eigenvalue weighted by Crippen LogP contribution is 2.33. The van der Waals surface area contributed by atoms with E-state index < -0.39 is 27.3 Å². The number of nitriles is 1. The van der Waals surface area contributed by atoms with Crippen molar-refractivity contribution in [2.75, 3.05) is 13.1 Å². The van der Waals surface area contributed by atoms with Crippen LogP contribution in [0.2, 0.25) is 0 Å². The summed E-state index contributed by atoms with van der Waals surface area (Å²) in [6.45, 7) is 4.09. The van der Waals surface area contributed by atoms with Gasteiger partial charge in [0.25, 0.3) is 0 Å². The fourth-order valence-corrected chi connectivity index (χ4v) is 4.29. The average Bonchev–Trinajstić information content (AvgIpc) is 2.44. The Morgan fingerprint density at radius 2 is 1.83 bits per heavy atom. The molecule has 2 unspecified atom stereocenters. The normalized spacial score (nSPS) is 23.5. The van der Waals surface area contributed by atoms with E-state index in [0.29, 0.717) is 6.07 Å². The molecular formula is C14H16F3N3O2S. The summed E-state index contributed by atoms with van der Waals surface area (Å²) in [7, 11) is -3.95. The van der Waals surface area contributed by atoms with Crippen LogP contribution in [0.25, 0.3) is 0 Å². The monoisotopic (exact) mass is 347 g/mol. The molecule has 1 aromatic carbocycles.